The highest BCUT2D eigenvalue weighted by Crippen LogP contribution is 2.30. The highest BCUT2D eigenvalue weighted by Gasteiger charge is 2.36. The van der Waals surface area contributed by atoms with Crippen LogP contribution in [-0.4, -0.2) is 19.4 Å². The Balaban J connectivity index is 2.38. The quantitative estimate of drug-likeness (QED) is 0.652. The zero-order valence-corrected chi connectivity index (χ0v) is 11.1. The molecule has 1 aromatic rings. The summed E-state index contributed by atoms with van der Waals surface area (Å²) in [6.07, 6.45) is 1.82. The summed E-state index contributed by atoms with van der Waals surface area (Å²) in [4.78, 5) is 0. The Kier molecular flexibility index (Phi) is 4.17. The maximum Gasteiger partial charge on any atom is 0.155 e. The Morgan fingerprint density at radius 2 is 1.84 bits per heavy atom. The van der Waals surface area contributed by atoms with Gasteiger partial charge in [0.15, 0.2) is 9.84 Å². The van der Waals surface area contributed by atoms with Crippen molar-refractivity contribution in [3.63, 3.8) is 0 Å². The molecule has 0 spiro atoms. The lowest BCUT2D eigenvalue weighted by molar-refractivity contribution is 0.449. The minimum absolute atomic E-state index is 0.0909. The Morgan fingerprint density at radius 3 is 2.37 bits per heavy atom. The van der Waals surface area contributed by atoms with Crippen LogP contribution in [0.5, 0.6) is 0 Å². The molecule has 2 atom stereocenters. The van der Waals surface area contributed by atoms with Gasteiger partial charge in [-0.15, -0.1) is 0 Å². The van der Waals surface area contributed by atoms with E-state index in [1.54, 1.807) is 0 Å². The fourth-order valence-electron chi connectivity index (χ4n) is 2.53. The second-order valence-electron chi connectivity index (χ2n) is 4.75. The summed E-state index contributed by atoms with van der Waals surface area (Å²) >= 11 is 0. The van der Waals surface area contributed by atoms with Gasteiger partial charge in [0.25, 0.3) is 0 Å². The van der Waals surface area contributed by atoms with Gasteiger partial charge in [0.2, 0.25) is 0 Å². The van der Waals surface area contributed by atoms with Crippen LogP contribution in [0.1, 0.15) is 30.9 Å². The molecule has 0 amide bonds. The fraction of sp³-hybridized carbons (Fsp3) is 0.500. The number of sulfone groups is 1. The molecule has 0 bridgehead atoms. The molecule has 3 N–H and O–H groups in total. The van der Waals surface area contributed by atoms with Crippen molar-refractivity contribution in [2.24, 2.45) is 5.84 Å². The minimum Gasteiger partial charge on any atom is -0.271 e. The van der Waals surface area contributed by atoms with Crippen molar-refractivity contribution >= 4 is 9.84 Å². The number of halogens is 2. The lowest BCUT2D eigenvalue weighted by Gasteiger charge is -2.29. The SMILES string of the molecule is NNC(c1cc(F)cc(F)c1)C1CCCCS1(=O)=O. The van der Waals surface area contributed by atoms with Gasteiger partial charge >= 0.3 is 0 Å². The summed E-state index contributed by atoms with van der Waals surface area (Å²) in [7, 11) is -3.30. The van der Waals surface area contributed by atoms with Crippen molar-refractivity contribution in [3.05, 3.63) is 35.4 Å². The highest BCUT2D eigenvalue weighted by atomic mass is 32.2. The first-order chi connectivity index (χ1) is 8.94. The molecular formula is C12H16F2N2O2S. The van der Waals surface area contributed by atoms with Crippen LogP contribution in [0.3, 0.4) is 0 Å². The molecule has 2 unspecified atom stereocenters. The number of rotatable bonds is 3. The zero-order chi connectivity index (χ0) is 14.0. The molecule has 4 nitrogen and oxygen atoms in total. The van der Waals surface area contributed by atoms with E-state index < -0.39 is 32.8 Å². The zero-order valence-electron chi connectivity index (χ0n) is 10.3. The predicted octanol–water partition coefficient (Wildman–Crippen LogP) is 1.44. The molecule has 1 heterocycles. The fourth-order valence-corrected chi connectivity index (χ4v) is 4.61. The molecule has 19 heavy (non-hydrogen) atoms. The van der Waals surface area contributed by atoms with Gasteiger partial charge in [0, 0.05) is 6.07 Å². The Morgan fingerprint density at radius 1 is 1.21 bits per heavy atom. The summed E-state index contributed by atoms with van der Waals surface area (Å²) in [6, 6.07) is 2.16. The van der Waals surface area contributed by atoms with Gasteiger partial charge in [-0.05, 0) is 30.5 Å². The summed E-state index contributed by atoms with van der Waals surface area (Å²) < 4.78 is 50.5. The van der Waals surface area contributed by atoms with Gasteiger partial charge in [-0.25, -0.2) is 17.2 Å². The molecule has 1 aliphatic rings. The van der Waals surface area contributed by atoms with Gasteiger partial charge in [-0.1, -0.05) is 6.42 Å². The van der Waals surface area contributed by atoms with Crippen LogP contribution in [0.25, 0.3) is 0 Å². The summed E-state index contributed by atoms with van der Waals surface area (Å²) in [5.41, 5.74) is 2.60. The van der Waals surface area contributed by atoms with Gasteiger partial charge < -0.3 is 0 Å². The summed E-state index contributed by atoms with van der Waals surface area (Å²) in [5, 5.41) is -0.743. The van der Waals surface area contributed by atoms with Crippen molar-refractivity contribution in [2.45, 2.75) is 30.6 Å². The second kappa shape index (κ2) is 5.52. The number of nitrogens with one attached hydrogen (secondary N) is 1. The average molecular weight is 290 g/mol. The number of benzene rings is 1. The first-order valence-electron chi connectivity index (χ1n) is 6.08. The predicted molar refractivity (Wildman–Crippen MR) is 67.8 cm³/mol. The van der Waals surface area contributed by atoms with Crippen LogP contribution in [-0.2, 0) is 9.84 Å². The van der Waals surface area contributed by atoms with E-state index in [0.717, 1.165) is 24.6 Å². The van der Waals surface area contributed by atoms with E-state index in [9.17, 15) is 17.2 Å². The molecule has 1 fully saturated rings. The van der Waals surface area contributed by atoms with Gasteiger partial charge in [0.1, 0.15) is 11.6 Å². The Hall–Kier alpha value is -1.05. The largest absolute Gasteiger partial charge is 0.271 e. The van der Waals surface area contributed by atoms with Crippen LogP contribution < -0.4 is 11.3 Å². The third-order valence-corrected chi connectivity index (χ3v) is 5.71. The van der Waals surface area contributed by atoms with Crippen molar-refractivity contribution in [1.29, 1.82) is 0 Å². The highest BCUT2D eigenvalue weighted by molar-refractivity contribution is 7.92. The third-order valence-electron chi connectivity index (χ3n) is 3.42. The topological polar surface area (TPSA) is 72.2 Å². The molecule has 1 aliphatic heterocycles. The van der Waals surface area contributed by atoms with Crippen LogP contribution in [0, 0.1) is 11.6 Å². The Bertz CT molecular complexity index is 543. The van der Waals surface area contributed by atoms with Crippen LogP contribution >= 0.6 is 0 Å². The standard InChI is InChI=1S/C12H16F2N2O2S/c13-9-5-8(6-10(14)7-9)12(16-15)11-3-1-2-4-19(11,17)18/h5-7,11-12,16H,1-4,15H2. The Labute approximate surface area is 110 Å². The summed E-state index contributed by atoms with van der Waals surface area (Å²) in [5.74, 6) is 3.99. The van der Waals surface area contributed by atoms with Crippen molar-refractivity contribution < 1.29 is 17.2 Å². The maximum atomic E-state index is 13.2. The molecule has 7 heteroatoms. The van der Waals surface area contributed by atoms with Gasteiger partial charge in [-0.3, -0.25) is 11.3 Å². The average Bonchev–Trinajstić information content (AvgIpc) is 2.30. The van der Waals surface area contributed by atoms with Crippen molar-refractivity contribution in [1.82, 2.24) is 5.43 Å². The normalized spacial score (nSPS) is 24.1. The molecule has 1 aromatic carbocycles. The maximum absolute atomic E-state index is 13.2. The molecule has 1 saturated heterocycles. The van der Waals surface area contributed by atoms with Crippen LogP contribution in [0.4, 0.5) is 8.78 Å². The molecule has 106 valence electrons. The number of nitrogens with two attached hydrogens (primary N) is 1. The molecule has 0 saturated carbocycles. The minimum atomic E-state index is -3.30. The first kappa shape index (κ1) is 14.4. The van der Waals surface area contributed by atoms with E-state index in [1.807, 2.05) is 0 Å². The van der Waals surface area contributed by atoms with E-state index in [4.69, 9.17) is 5.84 Å². The van der Waals surface area contributed by atoms with Crippen LogP contribution in [0.15, 0.2) is 18.2 Å². The smallest absolute Gasteiger partial charge is 0.155 e. The molecule has 2 rings (SSSR count). The number of hydrogen-bond donors (Lipinski definition) is 2. The first-order valence-corrected chi connectivity index (χ1v) is 7.79. The number of hydrazine groups is 1. The van der Waals surface area contributed by atoms with Crippen molar-refractivity contribution in [3.8, 4) is 0 Å². The molecule has 0 aliphatic carbocycles. The van der Waals surface area contributed by atoms with E-state index in [-0.39, 0.29) is 11.3 Å². The van der Waals surface area contributed by atoms with Crippen molar-refractivity contribution in [2.75, 3.05) is 5.75 Å². The molecule has 0 aromatic heterocycles. The van der Waals surface area contributed by atoms with E-state index in [1.165, 1.54) is 0 Å². The van der Waals surface area contributed by atoms with Gasteiger partial charge in [-0.2, -0.15) is 0 Å². The van der Waals surface area contributed by atoms with E-state index in [0.29, 0.717) is 12.8 Å². The lowest BCUT2D eigenvalue weighted by atomic mass is 10.00. The molecule has 0 radical (unpaired) electrons. The van der Waals surface area contributed by atoms with E-state index in [2.05, 4.69) is 5.43 Å². The third kappa shape index (κ3) is 3.10. The van der Waals surface area contributed by atoms with Gasteiger partial charge in [0.05, 0.1) is 17.0 Å². The second-order valence-corrected chi connectivity index (χ2v) is 7.09. The summed E-state index contributed by atoms with van der Waals surface area (Å²) in [6.45, 7) is 0. The van der Waals surface area contributed by atoms with E-state index >= 15 is 0 Å². The number of hydrogen-bond acceptors (Lipinski definition) is 4. The van der Waals surface area contributed by atoms with Crippen LogP contribution in [0.2, 0.25) is 0 Å². The molecular weight excluding hydrogens is 274 g/mol. The lowest BCUT2D eigenvalue weighted by Crippen LogP contribution is -2.43. The monoisotopic (exact) mass is 290 g/mol.